The number of carbonyl (C=O) groups excluding carboxylic acids is 1. The largest absolute Gasteiger partial charge is 0.497 e. The molecule has 1 N–H and O–H groups in total. The summed E-state index contributed by atoms with van der Waals surface area (Å²) in [6.07, 6.45) is 1.25. The lowest BCUT2D eigenvalue weighted by Crippen LogP contribution is -2.26. The Bertz CT molecular complexity index is 448. The minimum atomic E-state index is 0.0384. The fourth-order valence-corrected chi connectivity index (χ4v) is 2.13. The Labute approximate surface area is 126 Å². The van der Waals surface area contributed by atoms with Crippen molar-refractivity contribution >= 4 is 5.91 Å². The first-order chi connectivity index (χ1) is 10.1. The van der Waals surface area contributed by atoms with E-state index in [4.69, 9.17) is 14.2 Å². The summed E-state index contributed by atoms with van der Waals surface area (Å²) in [5.41, 5.74) is 1.00. The lowest BCUT2D eigenvalue weighted by atomic mass is 9.96. The molecule has 1 rings (SSSR count). The van der Waals surface area contributed by atoms with E-state index < -0.39 is 0 Å². The van der Waals surface area contributed by atoms with E-state index >= 15 is 0 Å². The molecular formula is C16H25NO4. The van der Waals surface area contributed by atoms with E-state index in [1.54, 1.807) is 21.3 Å². The fraction of sp³-hybridized carbons (Fsp3) is 0.562. The van der Waals surface area contributed by atoms with Crippen LogP contribution >= 0.6 is 0 Å². The molecule has 1 atom stereocenters. The molecule has 1 aromatic rings. The number of rotatable bonds is 9. The number of benzene rings is 1. The van der Waals surface area contributed by atoms with Gasteiger partial charge in [0.15, 0.2) is 0 Å². The molecule has 0 bridgehead atoms. The summed E-state index contributed by atoms with van der Waals surface area (Å²) >= 11 is 0. The summed E-state index contributed by atoms with van der Waals surface area (Å²) in [6.45, 7) is 3.31. The molecule has 0 radical (unpaired) electrons. The Balaban J connectivity index is 2.58. The van der Waals surface area contributed by atoms with Crippen LogP contribution < -0.4 is 14.8 Å². The van der Waals surface area contributed by atoms with Gasteiger partial charge in [0.05, 0.1) is 14.2 Å². The molecule has 1 amide bonds. The number of amides is 1. The van der Waals surface area contributed by atoms with Gasteiger partial charge in [-0.2, -0.15) is 0 Å². The van der Waals surface area contributed by atoms with E-state index in [1.807, 2.05) is 25.1 Å². The van der Waals surface area contributed by atoms with Crippen LogP contribution in [0, 0.1) is 0 Å². The molecule has 0 saturated heterocycles. The van der Waals surface area contributed by atoms with Crippen molar-refractivity contribution in [1.29, 1.82) is 0 Å². The second-order valence-electron chi connectivity index (χ2n) is 4.91. The van der Waals surface area contributed by atoms with Crippen LogP contribution in [0.25, 0.3) is 0 Å². The molecule has 0 saturated carbocycles. The zero-order valence-electron chi connectivity index (χ0n) is 13.3. The summed E-state index contributed by atoms with van der Waals surface area (Å²) in [6, 6.07) is 5.66. The Hall–Kier alpha value is -1.75. The van der Waals surface area contributed by atoms with Crippen LogP contribution in [-0.4, -0.2) is 40.4 Å². The van der Waals surface area contributed by atoms with Crippen LogP contribution in [0.2, 0.25) is 0 Å². The second-order valence-corrected chi connectivity index (χ2v) is 4.91. The SMILES string of the molecule is COCCCNC(=O)CC(C)c1ccc(OC)cc1OC. The zero-order chi connectivity index (χ0) is 15.7. The van der Waals surface area contributed by atoms with Gasteiger partial charge >= 0.3 is 0 Å². The summed E-state index contributed by atoms with van der Waals surface area (Å²) < 4.78 is 15.5. The Morgan fingerprint density at radius 2 is 2.00 bits per heavy atom. The summed E-state index contributed by atoms with van der Waals surface area (Å²) in [4.78, 5) is 11.9. The lowest BCUT2D eigenvalue weighted by Gasteiger charge is -2.16. The molecule has 0 aliphatic rings. The summed E-state index contributed by atoms with van der Waals surface area (Å²) in [5.74, 6) is 1.60. The van der Waals surface area contributed by atoms with Crippen LogP contribution in [0.4, 0.5) is 0 Å². The molecule has 0 heterocycles. The van der Waals surface area contributed by atoms with Crippen molar-refractivity contribution in [2.24, 2.45) is 0 Å². The van der Waals surface area contributed by atoms with Gasteiger partial charge in [0, 0.05) is 32.7 Å². The van der Waals surface area contributed by atoms with Crippen molar-refractivity contribution in [3.05, 3.63) is 23.8 Å². The average Bonchev–Trinajstić information content (AvgIpc) is 2.50. The number of ether oxygens (including phenoxy) is 3. The molecular weight excluding hydrogens is 270 g/mol. The highest BCUT2D eigenvalue weighted by Gasteiger charge is 2.15. The predicted molar refractivity (Wildman–Crippen MR) is 82.1 cm³/mol. The zero-order valence-corrected chi connectivity index (χ0v) is 13.3. The van der Waals surface area contributed by atoms with Crippen LogP contribution in [-0.2, 0) is 9.53 Å². The molecule has 21 heavy (non-hydrogen) atoms. The van der Waals surface area contributed by atoms with Crippen molar-refractivity contribution in [3.63, 3.8) is 0 Å². The van der Waals surface area contributed by atoms with Gasteiger partial charge in [-0.3, -0.25) is 4.79 Å². The van der Waals surface area contributed by atoms with Crippen molar-refractivity contribution in [2.45, 2.75) is 25.7 Å². The first kappa shape index (κ1) is 17.3. The average molecular weight is 295 g/mol. The van der Waals surface area contributed by atoms with Gasteiger partial charge in [-0.15, -0.1) is 0 Å². The molecule has 0 fully saturated rings. The van der Waals surface area contributed by atoms with E-state index in [1.165, 1.54) is 0 Å². The monoisotopic (exact) mass is 295 g/mol. The van der Waals surface area contributed by atoms with Crippen molar-refractivity contribution in [2.75, 3.05) is 34.5 Å². The summed E-state index contributed by atoms with van der Waals surface area (Å²) in [5, 5.41) is 2.89. The molecule has 118 valence electrons. The predicted octanol–water partition coefficient (Wildman–Crippen LogP) is 2.35. The maximum atomic E-state index is 11.9. The number of hydrogen-bond acceptors (Lipinski definition) is 4. The number of methoxy groups -OCH3 is 3. The van der Waals surface area contributed by atoms with Gasteiger partial charge < -0.3 is 19.5 Å². The third-order valence-electron chi connectivity index (χ3n) is 3.31. The fourth-order valence-electron chi connectivity index (χ4n) is 2.13. The highest BCUT2D eigenvalue weighted by atomic mass is 16.5. The van der Waals surface area contributed by atoms with Crippen LogP contribution in [0.1, 0.15) is 31.2 Å². The van der Waals surface area contributed by atoms with Gasteiger partial charge in [0.1, 0.15) is 11.5 Å². The second kappa shape index (κ2) is 9.23. The van der Waals surface area contributed by atoms with E-state index in [2.05, 4.69) is 5.32 Å². The van der Waals surface area contributed by atoms with Gasteiger partial charge in [-0.05, 0) is 24.0 Å². The van der Waals surface area contributed by atoms with Crippen LogP contribution in [0.15, 0.2) is 18.2 Å². The Morgan fingerprint density at radius 1 is 1.24 bits per heavy atom. The van der Waals surface area contributed by atoms with Gasteiger partial charge in [0.2, 0.25) is 5.91 Å². The normalized spacial score (nSPS) is 11.8. The maximum Gasteiger partial charge on any atom is 0.220 e. The van der Waals surface area contributed by atoms with Crippen LogP contribution in [0.3, 0.4) is 0 Å². The number of hydrogen-bond donors (Lipinski definition) is 1. The highest BCUT2D eigenvalue weighted by molar-refractivity contribution is 5.77. The molecule has 1 unspecified atom stereocenters. The van der Waals surface area contributed by atoms with Gasteiger partial charge in [-0.1, -0.05) is 13.0 Å². The smallest absolute Gasteiger partial charge is 0.220 e. The minimum absolute atomic E-state index is 0.0384. The molecule has 0 spiro atoms. The van der Waals surface area contributed by atoms with E-state index in [9.17, 15) is 4.79 Å². The van der Waals surface area contributed by atoms with Crippen LogP contribution in [0.5, 0.6) is 11.5 Å². The first-order valence-corrected chi connectivity index (χ1v) is 7.10. The molecule has 5 heteroatoms. The molecule has 1 aromatic carbocycles. The van der Waals surface area contributed by atoms with E-state index in [0.717, 1.165) is 23.5 Å². The third-order valence-corrected chi connectivity index (χ3v) is 3.31. The van der Waals surface area contributed by atoms with Crippen molar-refractivity contribution in [3.8, 4) is 11.5 Å². The first-order valence-electron chi connectivity index (χ1n) is 7.10. The maximum absolute atomic E-state index is 11.9. The third kappa shape index (κ3) is 5.63. The van der Waals surface area contributed by atoms with E-state index in [-0.39, 0.29) is 11.8 Å². The minimum Gasteiger partial charge on any atom is -0.497 e. The van der Waals surface area contributed by atoms with Crippen molar-refractivity contribution < 1.29 is 19.0 Å². The molecule has 5 nitrogen and oxygen atoms in total. The Morgan fingerprint density at radius 3 is 2.62 bits per heavy atom. The van der Waals surface area contributed by atoms with Gasteiger partial charge in [0.25, 0.3) is 0 Å². The summed E-state index contributed by atoms with van der Waals surface area (Å²) in [7, 11) is 4.89. The molecule has 0 aliphatic carbocycles. The lowest BCUT2D eigenvalue weighted by molar-refractivity contribution is -0.121. The van der Waals surface area contributed by atoms with Gasteiger partial charge in [-0.25, -0.2) is 0 Å². The quantitative estimate of drug-likeness (QED) is 0.711. The molecule has 0 aliphatic heterocycles. The standard InChI is InChI=1S/C16H25NO4/c1-12(10-16(18)17-8-5-9-19-2)14-7-6-13(20-3)11-15(14)21-4/h6-7,11-12H,5,8-10H2,1-4H3,(H,17,18). The highest BCUT2D eigenvalue weighted by Crippen LogP contribution is 2.31. The Kier molecular flexibility index (Phi) is 7.61. The number of carbonyl (C=O) groups is 1. The van der Waals surface area contributed by atoms with E-state index in [0.29, 0.717) is 19.6 Å². The van der Waals surface area contributed by atoms with Crippen molar-refractivity contribution in [1.82, 2.24) is 5.32 Å². The molecule has 0 aromatic heterocycles. The topological polar surface area (TPSA) is 56.8 Å². The number of nitrogens with one attached hydrogen (secondary N) is 1.